The van der Waals surface area contributed by atoms with Gasteiger partial charge in [0.25, 0.3) is 0 Å². The molecule has 0 radical (unpaired) electrons. The van der Waals surface area contributed by atoms with Gasteiger partial charge >= 0.3 is 5.97 Å². The molecule has 0 spiro atoms. The van der Waals surface area contributed by atoms with Crippen LogP contribution in [0.15, 0.2) is 0 Å². The van der Waals surface area contributed by atoms with Gasteiger partial charge in [0.05, 0.1) is 5.75 Å². The van der Waals surface area contributed by atoms with Crippen LogP contribution in [0.4, 0.5) is 0 Å². The molecule has 10 heavy (non-hydrogen) atoms. The molecule has 0 aliphatic rings. The van der Waals surface area contributed by atoms with Crippen molar-refractivity contribution in [3.8, 4) is 6.07 Å². The van der Waals surface area contributed by atoms with Gasteiger partial charge in [0.2, 0.25) is 0 Å². The molecular weight excluding hydrogens is 150 g/mol. The predicted molar refractivity (Wildman–Crippen MR) is 39.5 cm³/mol. The molecule has 4 heteroatoms. The second-order valence-corrected chi connectivity index (χ2v) is 2.56. The van der Waals surface area contributed by atoms with Crippen molar-refractivity contribution < 1.29 is 9.53 Å². The molecule has 0 saturated carbocycles. The molecule has 0 rings (SSSR count). The fourth-order valence-electron chi connectivity index (χ4n) is 0.375. The molecule has 0 aromatic rings. The first-order chi connectivity index (χ1) is 4.70. The van der Waals surface area contributed by atoms with E-state index in [0.717, 1.165) is 0 Å². The highest BCUT2D eigenvalue weighted by Crippen LogP contribution is 1.96. The lowest BCUT2D eigenvalue weighted by atomic mass is 10.5. The highest BCUT2D eigenvalue weighted by Gasteiger charge is 2.05. The van der Waals surface area contributed by atoms with E-state index < -0.39 is 6.10 Å². The molecule has 0 heterocycles. The van der Waals surface area contributed by atoms with Crippen molar-refractivity contribution in [1.29, 1.82) is 5.26 Å². The van der Waals surface area contributed by atoms with Crippen LogP contribution in [0.3, 0.4) is 0 Å². The molecule has 0 aliphatic carbocycles. The lowest BCUT2D eigenvalue weighted by Crippen LogP contribution is -2.14. The Morgan fingerprint density at radius 2 is 2.50 bits per heavy atom. The van der Waals surface area contributed by atoms with E-state index in [0.29, 0.717) is 5.75 Å². The quantitative estimate of drug-likeness (QED) is 0.572. The Morgan fingerprint density at radius 3 is 2.90 bits per heavy atom. The highest BCUT2D eigenvalue weighted by atomic mass is 32.2. The standard InChI is InChI=1S/C6H9NO2S/c1-5(3-7)9-6(8)4-10-2/h5H,4H2,1-2H3. The van der Waals surface area contributed by atoms with Crippen molar-refractivity contribution in [1.82, 2.24) is 0 Å². The SMILES string of the molecule is CSCC(=O)OC(C)C#N. The minimum Gasteiger partial charge on any atom is -0.447 e. The summed E-state index contributed by atoms with van der Waals surface area (Å²) >= 11 is 1.38. The zero-order valence-electron chi connectivity index (χ0n) is 5.96. The lowest BCUT2D eigenvalue weighted by molar-refractivity contribution is -0.142. The van der Waals surface area contributed by atoms with E-state index in [9.17, 15) is 4.79 Å². The molecule has 3 nitrogen and oxygen atoms in total. The van der Waals surface area contributed by atoms with Crippen molar-refractivity contribution in [2.45, 2.75) is 13.0 Å². The molecule has 0 aromatic heterocycles. The predicted octanol–water partition coefficient (Wildman–Crippen LogP) is 0.805. The first kappa shape index (κ1) is 9.31. The van der Waals surface area contributed by atoms with Crippen molar-refractivity contribution in [3.05, 3.63) is 0 Å². The molecule has 1 atom stereocenters. The zero-order valence-corrected chi connectivity index (χ0v) is 6.77. The summed E-state index contributed by atoms with van der Waals surface area (Å²) < 4.78 is 4.62. The molecule has 0 aliphatic heterocycles. The third-order valence-corrected chi connectivity index (χ3v) is 1.28. The smallest absolute Gasteiger partial charge is 0.317 e. The molecule has 0 bridgehead atoms. The van der Waals surface area contributed by atoms with Crippen molar-refractivity contribution >= 4 is 17.7 Å². The van der Waals surface area contributed by atoms with Crippen molar-refractivity contribution in [2.24, 2.45) is 0 Å². The van der Waals surface area contributed by atoms with Crippen LogP contribution in [0.2, 0.25) is 0 Å². The summed E-state index contributed by atoms with van der Waals surface area (Å²) in [6.45, 7) is 1.54. The van der Waals surface area contributed by atoms with Crippen LogP contribution in [0, 0.1) is 11.3 Å². The second kappa shape index (κ2) is 5.12. The van der Waals surface area contributed by atoms with Gasteiger partial charge in [-0.15, -0.1) is 0 Å². The van der Waals surface area contributed by atoms with Crippen LogP contribution < -0.4 is 0 Å². The minimum absolute atomic E-state index is 0.312. The van der Waals surface area contributed by atoms with Gasteiger partial charge in [0.1, 0.15) is 6.07 Å². The Bertz CT molecular complexity index is 152. The van der Waals surface area contributed by atoms with Crippen LogP contribution in [-0.2, 0) is 9.53 Å². The third-order valence-electron chi connectivity index (χ3n) is 0.752. The van der Waals surface area contributed by atoms with Crippen molar-refractivity contribution in [2.75, 3.05) is 12.0 Å². The summed E-state index contributed by atoms with van der Waals surface area (Å²) in [5.41, 5.74) is 0. The van der Waals surface area contributed by atoms with Gasteiger partial charge in [-0.1, -0.05) is 0 Å². The number of carbonyl (C=O) groups excluding carboxylic acids is 1. The van der Waals surface area contributed by atoms with Crippen LogP contribution >= 0.6 is 11.8 Å². The largest absolute Gasteiger partial charge is 0.447 e. The maximum atomic E-state index is 10.6. The van der Waals surface area contributed by atoms with Crippen LogP contribution in [0.25, 0.3) is 0 Å². The molecule has 1 unspecified atom stereocenters. The normalized spacial score (nSPS) is 11.7. The maximum absolute atomic E-state index is 10.6. The Balaban J connectivity index is 3.49. The number of thioether (sulfide) groups is 1. The first-order valence-electron chi connectivity index (χ1n) is 2.78. The number of ether oxygens (including phenoxy) is 1. The fraction of sp³-hybridized carbons (Fsp3) is 0.667. The Kier molecular flexibility index (Phi) is 4.77. The van der Waals surface area contributed by atoms with Gasteiger partial charge in [0, 0.05) is 0 Å². The number of hydrogen-bond donors (Lipinski definition) is 0. The van der Waals surface area contributed by atoms with E-state index in [2.05, 4.69) is 4.74 Å². The third kappa shape index (κ3) is 4.21. The monoisotopic (exact) mass is 159 g/mol. The summed E-state index contributed by atoms with van der Waals surface area (Å²) in [7, 11) is 0. The van der Waals surface area contributed by atoms with Crippen LogP contribution in [0.5, 0.6) is 0 Å². The molecule has 0 saturated heterocycles. The number of carbonyl (C=O) groups is 1. The maximum Gasteiger partial charge on any atom is 0.317 e. The van der Waals surface area contributed by atoms with E-state index >= 15 is 0 Å². The summed E-state index contributed by atoms with van der Waals surface area (Å²) in [5.74, 6) is -0.0204. The van der Waals surface area contributed by atoms with Crippen molar-refractivity contribution in [3.63, 3.8) is 0 Å². The van der Waals surface area contributed by atoms with Gasteiger partial charge in [-0.3, -0.25) is 4.79 Å². The van der Waals surface area contributed by atoms with E-state index in [4.69, 9.17) is 5.26 Å². The summed E-state index contributed by atoms with van der Waals surface area (Å²) in [5, 5.41) is 8.22. The average Bonchev–Trinajstić information content (AvgIpc) is 1.88. The Morgan fingerprint density at radius 1 is 1.90 bits per heavy atom. The lowest BCUT2D eigenvalue weighted by Gasteiger charge is -2.02. The second-order valence-electron chi connectivity index (χ2n) is 1.69. The number of esters is 1. The molecular formula is C6H9NO2S. The summed E-state index contributed by atoms with van der Waals surface area (Å²) in [6, 6.07) is 1.80. The molecule has 0 aromatic carbocycles. The summed E-state index contributed by atoms with van der Waals surface area (Å²) in [4.78, 5) is 10.6. The minimum atomic E-state index is -0.625. The molecule has 56 valence electrons. The van der Waals surface area contributed by atoms with E-state index in [1.54, 1.807) is 12.3 Å². The van der Waals surface area contributed by atoms with E-state index in [1.165, 1.54) is 18.7 Å². The van der Waals surface area contributed by atoms with Gasteiger partial charge in [0.15, 0.2) is 6.10 Å². The molecule has 0 N–H and O–H groups in total. The van der Waals surface area contributed by atoms with Crippen LogP contribution in [-0.4, -0.2) is 24.1 Å². The van der Waals surface area contributed by atoms with E-state index in [-0.39, 0.29) is 5.97 Å². The number of rotatable bonds is 3. The number of nitrogens with zero attached hydrogens (tertiary/aromatic N) is 1. The molecule has 0 amide bonds. The zero-order chi connectivity index (χ0) is 7.98. The molecule has 0 fully saturated rings. The first-order valence-corrected chi connectivity index (χ1v) is 4.18. The van der Waals surface area contributed by atoms with Gasteiger partial charge < -0.3 is 4.74 Å². The average molecular weight is 159 g/mol. The summed E-state index contributed by atoms with van der Waals surface area (Å²) in [6.07, 6.45) is 1.18. The fourth-order valence-corrected chi connectivity index (χ4v) is 0.679. The van der Waals surface area contributed by atoms with Gasteiger partial charge in [-0.25, -0.2) is 0 Å². The van der Waals surface area contributed by atoms with Gasteiger partial charge in [-0.2, -0.15) is 17.0 Å². The van der Waals surface area contributed by atoms with Gasteiger partial charge in [-0.05, 0) is 13.2 Å². The highest BCUT2D eigenvalue weighted by molar-refractivity contribution is 7.99. The van der Waals surface area contributed by atoms with Crippen LogP contribution in [0.1, 0.15) is 6.92 Å². The number of nitriles is 1. The Labute approximate surface area is 64.4 Å². The number of hydrogen-bond acceptors (Lipinski definition) is 4. The topological polar surface area (TPSA) is 50.1 Å². The van der Waals surface area contributed by atoms with E-state index in [1.807, 2.05) is 0 Å². The Hall–Kier alpha value is -0.690.